The molecule has 6 heteroatoms. The summed E-state index contributed by atoms with van der Waals surface area (Å²) in [5, 5.41) is -0.358. The lowest BCUT2D eigenvalue weighted by Gasteiger charge is -2.18. The van der Waals surface area contributed by atoms with Gasteiger partial charge in [-0.15, -0.1) is 0 Å². The third-order valence-electron chi connectivity index (χ3n) is 6.04. The van der Waals surface area contributed by atoms with Gasteiger partial charge in [-0.05, 0) is 58.7 Å². The van der Waals surface area contributed by atoms with Crippen LogP contribution in [-0.2, 0) is 16.4 Å². The molecule has 2 atom stereocenters. The number of pyridine rings is 1. The molecule has 0 amide bonds. The molecule has 1 aromatic heterocycles. The van der Waals surface area contributed by atoms with Crippen LogP contribution in [0.2, 0.25) is 0 Å². The van der Waals surface area contributed by atoms with Crippen molar-refractivity contribution in [1.29, 1.82) is 0 Å². The monoisotopic (exact) mass is 406 g/mol. The summed E-state index contributed by atoms with van der Waals surface area (Å²) in [5.74, 6) is 0.849. The molecule has 1 fully saturated rings. The first-order valence-electron chi connectivity index (χ1n) is 9.70. The van der Waals surface area contributed by atoms with Crippen LogP contribution in [0.1, 0.15) is 17.0 Å². The third-order valence-corrected chi connectivity index (χ3v) is 8.29. The average Bonchev–Trinajstić information content (AvgIpc) is 3.26. The average molecular weight is 407 g/mol. The molecule has 0 radical (unpaired) electrons. The summed E-state index contributed by atoms with van der Waals surface area (Å²) < 4.78 is 31.5. The van der Waals surface area contributed by atoms with E-state index in [1.165, 1.54) is 0 Å². The molecule has 3 aromatic rings. The van der Waals surface area contributed by atoms with Gasteiger partial charge in [-0.2, -0.15) is 0 Å². The molecule has 148 valence electrons. The van der Waals surface area contributed by atoms with Gasteiger partial charge < -0.3 is 4.74 Å². The first kappa shape index (κ1) is 18.3. The zero-order chi connectivity index (χ0) is 20.0. The number of nitrogens with zero attached hydrogens (tertiary/aromatic N) is 2. The molecule has 0 bridgehead atoms. The molecule has 2 aliphatic rings. The summed E-state index contributed by atoms with van der Waals surface area (Å²) in [6, 6.07) is 17.6. The number of likely N-dealkylation sites (tertiary alicyclic amines) is 1. The van der Waals surface area contributed by atoms with Crippen LogP contribution >= 0.6 is 0 Å². The van der Waals surface area contributed by atoms with Crippen molar-refractivity contribution < 1.29 is 13.2 Å². The lowest BCUT2D eigenvalue weighted by molar-refractivity contribution is 0.325. The van der Waals surface area contributed by atoms with E-state index in [0.29, 0.717) is 11.4 Å². The van der Waals surface area contributed by atoms with Crippen LogP contribution < -0.4 is 4.74 Å². The molecule has 0 spiro atoms. The number of hydrogen-bond acceptors (Lipinski definition) is 5. The Labute approximate surface area is 170 Å². The normalized spacial score (nSPS) is 22.2. The Balaban J connectivity index is 1.43. The highest BCUT2D eigenvalue weighted by Crippen LogP contribution is 2.46. The topological polar surface area (TPSA) is 59.5 Å². The van der Waals surface area contributed by atoms with Gasteiger partial charge in [-0.3, -0.25) is 9.88 Å². The van der Waals surface area contributed by atoms with Crippen molar-refractivity contribution in [3.8, 4) is 16.9 Å². The summed E-state index contributed by atoms with van der Waals surface area (Å²) >= 11 is 0. The Bertz CT molecular complexity index is 1140. The second-order valence-corrected chi connectivity index (χ2v) is 9.86. The van der Waals surface area contributed by atoms with Crippen molar-refractivity contribution >= 4 is 9.84 Å². The van der Waals surface area contributed by atoms with E-state index in [1.54, 1.807) is 25.6 Å². The molecule has 29 heavy (non-hydrogen) atoms. The van der Waals surface area contributed by atoms with Crippen molar-refractivity contribution in [2.75, 3.05) is 20.2 Å². The number of aromatic nitrogens is 1. The van der Waals surface area contributed by atoms with Gasteiger partial charge in [0.1, 0.15) is 5.75 Å². The molecule has 0 saturated carbocycles. The van der Waals surface area contributed by atoms with E-state index < -0.39 is 9.84 Å². The maximum Gasteiger partial charge on any atom is 0.183 e. The highest BCUT2D eigenvalue weighted by atomic mass is 32.2. The molecule has 2 unspecified atom stereocenters. The van der Waals surface area contributed by atoms with Crippen LogP contribution in [0.15, 0.2) is 71.9 Å². The number of rotatable bonds is 4. The number of sulfone groups is 1. The summed E-state index contributed by atoms with van der Waals surface area (Å²) in [4.78, 5) is 6.83. The van der Waals surface area contributed by atoms with Gasteiger partial charge in [-0.1, -0.05) is 18.2 Å². The fourth-order valence-corrected chi connectivity index (χ4v) is 6.76. The molecule has 5 rings (SSSR count). The highest BCUT2D eigenvalue weighted by molar-refractivity contribution is 7.92. The summed E-state index contributed by atoms with van der Waals surface area (Å²) in [7, 11) is -1.64. The SMILES string of the molecule is COc1ccc(CN2CC3c4cc(-c5ccncc5)ccc4S(=O)(=O)C3C2)cc1. The number of benzene rings is 2. The lowest BCUT2D eigenvalue weighted by Crippen LogP contribution is -2.25. The minimum absolute atomic E-state index is 0.0232. The van der Waals surface area contributed by atoms with Gasteiger partial charge in [0.25, 0.3) is 0 Å². The Morgan fingerprint density at radius 2 is 1.76 bits per heavy atom. The number of ether oxygens (including phenoxy) is 1. The minimum Gasteiger partial charge on any atom is -0.497 e. The number of fused-ring (bicyclic) bond motifs is 3. The number of hydrogen-bond donors (Lipinski definition) is 0. The van der Waals surface area contributed by atoms with Crippen LogP contribution in [0.25, 0.3) is 11.1 Å². The molecular weight excluding hydrogens is 384 g/mol. The van der Waals surface area contributed by atoms with Crippen molar-refractivity contribution in [3.63, 3.8) is 0 Å². The zero-order valence-corrected chi connectivity index (χ0v) is 17.0. The fourth-order valence-electron chi connectivity index (χ4n) is 4.57. The van der Waals surface area contributed by atoms with Crippen molar-refractivity contribution in [2.45, 2.75) is 22.6 Å². The van der Waals surface area contributed by atoms with Gasteiger partial charge >= 0.3 is 0 Å². The van der Waals surface area contributed by atoms with Gasteiger partial charge in [0.2, 0.25) is 0 Å². The molecule has 5 nitrogen and oxygen atoms in total. The van der Waals surface area contributed by atoms with E-state index in [2.05, 4.69) is 16.0 Å². The maximum absolute atomic E-state index is 13.1. The first-order valence-corrected chi connectivity index (χ1v) is 11.2. The molecule has 0 aliphatic carbocycles. The molecule has 2 aliphatic heterocycles. The quantitative estimate of drug-likeness (QED) is 0.664. The first-order chi connectivity index (χ1) is 14.1. The van der Waals surface area contributed by atoms with Crippen molar-refractivity contribution in [1.82, 2.24) is 9.88 Å². The predicted octanol–water partition coefficient (Wildman–Crippen LogP) is 3.51. The molecule has 3 heterocycles. The van der Waals surface area contributed by atoms with Crippen LogP contribution in [-0.4, -0.2) is 43.8 Å². The van der Waals surface area contributed by atoms with Crippen LogP contribution in [0, 0.1) is 0 Å². The van der Waals surface area contributed by atoms with E-state index in [0.717, 1.165) is 41.1 Å². The Morgan fingerprint density at radius 1 is 1.00 bits per heavy atom. The predicted molar refractivity (Wildman–Crippen MR) is 112 cm³/mol. The second kappa shape index (κ2) is 6.97. The zero-order valence-electron chi connectivity index (χ0n) is 16.2. The molecule has 1 saturated heterocycles. The van der Waals surface area contributed by atoms with E-state index >= 15 is 0 Å². The maximum atomic E-state index is 13.1. The standard InChI is InChI=1S/C23H22N2O3S/c1-28-19-5-2-16(3-6-19)13-25-14-21-20-12-18(17-8-10-24-11-9-17)4-7-22(20)29(26,27)23(21)15-25/h2-12,21,23H,13-15H2,1H3. The van der Waals surface area contributed by atoms with E-state index in [1.807, 2.05) is 42.5 Å². The van der Waals surface area contributed by atoms with Gasteiger partial charge in [-0.25, -0.2) is 8.42 Å². The van der Waals surface area contributed by atoms with Crippen molar-refractivity contribution in [3.05, 3.63) is 78.1 Å². The molecule has 0 N–H and O–H groups in total. The fraction of sp³-hybridized carbons (Fsp3) is 0.261. The van der Waals surface area contributed by atoms with Gasteiger partial charge in [0.15, 0.2) is 9.84 Å². The van der Waals surface area contributed by atoms with E-state index in [4.69, 9.17) is 4.74 Å². The molecular formula is C23H22N2O3S. The van der Waals surface area contributed by atoms with Crippen LogP contribution in [0.5, 0.6) is 5.75 Å². The van der Waals surface area contributed by atoms with E-state index in [-0.39, 0.29) is 11.2 Å². The van der Waals surface area contributed by atoms with Gasteiger partial charge in [0, 0.05) is 37.9 Å². The van der Waals surface area contributed by atoms with Crippen LogP contribution in [0.3, 0.4) is 0 Å². The Kier molecular flexibility index (Phi) is 4.41. The lowest BCUT2D eigenvalue weighted by atomic mass is 9.95. The highest BCUT2D eigenvalue weighted by Gasteiger charge is 2.50. The van der Waals surface area contributed by atoms with Gasteiger partial charge in [0.05, 0.1) is 17.3 Å². The van der Waals surface area contributed by atoms with Crippen molar-refractivity contribution in [2.24, 2.45) is 0 Å². The largest absolute Gasteiger partial charge is 0.497 e. The Hall–Kier alpha value is -2.70. The van der Waals surface area contributed by atoms with Crippen LogP contribution in [0.4, 0.5) is 0 Å². The Morgan fingerprint density at radius 3 is 2.48 bits per heavy atom. The summed E-state index contributed by atoms with van der Waals surface area (Å²) in [6.45, 7) is 2.06. The number of methoxy groups -OCH3 is 1. The minimum atomic E-state index is -3.29. The van der Waals surface area contributed by atoms with E-state index in [9.17, 15) is 8.42 Å². The summed E-state index contributed by atoms with van der Waals surface area (Å²) in [5.41, 5.74) is 4.21. The third kappa shape index (κ3) is 3.12. The molecule has 2 aromatic carbocycles. The second-order valence-electron chi connectivity index (χ2n) is 7.72. The summed E-state index contributed by atoms with van der Waals surface area (Å²) in [6.07, 6.45) is 3.52. The smallest absolute Gasteiger partial charge is 0.183 e.